The summed E-state index contributed by atoms with van der Waals surface area (Å²) in [6.07, 6.45) is 7.27. The Morgan fingerprint density at radius 1 is 0.893 bits per heavy atom. The van der Waals surface area contributed by atoms with Gasteiger partial charge in [0.2, 0.25) is 11.8 Å². The van der Waals surface area contributed by atoms with E-state index in [1.165, 1.54) is 23.4 Å². The number of halogens is 2. The van der Waals surface area contributed by atoms with Crippen LogP contribution in [0.3, 0.4) is 0 Å². The molecular formula is C42H48ClFN8O3S. The van der Waals surface area contributed by atoms with E-state index in [1.54, 1.807) is 28.5 Å². The highest BCUT2D eigenvalue weighted by atomic mass is 35.5. The summed E-state index contributed by atoms with van der Waals surface area (Å²) in [4.78, 5) is 55.5. The van der Waals surface area contributed by atoms with E-state index in [2.05, 4.69) is 54.6 Å². The Hall–Kier alpha value is -4.43. The van der Waals surface area contributed by atoms with Gasteiger partial charge >= 0.3 is 0 Å². The zero-order valence-electron chi connectivity index (χ0n) is 31.5. The van der Waals surface area contributed by atoms with Crippen molar-refractivity contribution >= 4 is 57.3 Å². The van der Waals surface area contributed by atoms with Gasteiger partial charge in [0.1, 0.15) is 5.82 Å². The number of imide groups is 1. The van der Waals surface area contributed by atoms with Crippen LogP contribution in [0.2, 0.25) is 5.02 Å². The van der Waals surface area contributed by atoms with Gasteiger partial charge in [-0.25, -0.2) is 14.4 Å². The first kappa shape index (κ1) is 38.4. The highest BCUT2D eigenvalue weighted by Gasteiger charge is 2.30. The molecule has 4 aliphatic heterocycles. The number of hydrogen-bond donors (Lipinski definition) is 2. The van der Waals surface area contributed by atoms with Crippen molar-refractivity contribution in [3.63, 3.8) is 0 Å². The number of nitrogens with one attached hydrogen (secondary N) is 2. The van der Waals surface area contributed by atoms with E-state index < -0.39 is 5.82 Å². The molecule has 2 N–H and O–H groups in total. The molecule has 14 heteroatoms. The summed E-state index contributed by atoms with van der Waals surface area (Å²) in [5, 5.41) is 8.62. The number of benzene rings is 2. The van der Waals surface area contributed by atoms with E-state index in [0.29, 0.717) is 57.4 Å². The second kappa shape index (κ2) is 17.4. The molecule has 0 saturated carbocycles. The number of piperidine rings is 3. The average molecular weight is 799 g/mol. The topological polar surface area (TPSA) is 114 Å². The molecule has 2 aromatic heterocycles. The van der Waals surface area contributed by atoms with Gasteiger partial charge in [-0.3, -0.25) is 24.6 Å². The zero-order chi connectivity index (χ0) is 38.6. The van der Waals surface area contributed by atoms with Crippen molar-refractivity contribution in [2.24, 2.45) is 5.92 Å². The maximum atomic E-state index is 14.6. The number of nitrogens with zero attached hydrogens (tertiary/aromatic N) is 6. The molecule has 0 spiro atoms. The predicted octanol–water partition coefficient (Wildman–Crippen LogP) is 6.65. The summed E-state index contributed by atoms with van der Waals surface area (Å²) in [5.74, 6) is 0.310. The number of aromatic nitrogens is 2. The molecular weight excluding hydrogens is 751 g/mol. The van der Waals surface area contributed by atoms with Crippen LogP contribution in [0.4, 0.5) is 21.0 Å². The van der Waals surface area contributed by atoms with Gasteiger partial charge in [-0.15, -0.1) is 11.3 Å². The van der Waals surface area contributed by atoms with Gasteiger partial charge in [-0.2, -0.15) is 0 Å². The molecule has 1 atom stereocenters. The Bertz CT molecular complexity index is 2010. The van der Waals surface area contributed by atoms with Crippen molar-refractivity contribution in [3.05, 3.63) is 99.4 Å². The summed E-state index contributed by atoms with van der Waals surface area (Å²) in [6, 6.07) is 17.4. The number of likely N-dealkylation sites (tertiary alicyclic amines) is 1. The van der Waals surface area contributed by atoms with Crippen LogP contribution in [0.5, 0.6) is 0 Å². The lowest BCUT2D eigenvalue weighted by molar-refractivity contribution is -0.134. The third-order valence-corrected chi connectivity index (χ3v) is 12.9. The molecule has 56 heavy (non-hydrogen) atoms. The number of rotatable bonds is 10. The number of amides is 3. The predicted molar refractivity (Wildman–Crippen MR) is 217 cm³/mol. The molecule has 4 aromatic rings. The molecule has 11 nitrogen and oxygen atoms in total. The Kier molecular flexibility index (Phi) is 11.9. The Morgan fingerprint density at radius 2 is 1.66 bits per heavy atom. The van der Waals surface area contributed by atoms with Crippen molar-refractivity contribution in [1.82, 2.24) is 30.0 Å². The standard InChI is InChI=1S/C42H48ClFN8O3S/c43-36-3-1-2-35(39(36)44)41(55)52-21-19-50(20-22-52)27-32-24-31(25-37(46-32)47-42-45-14-23-56-42)29-12-15-49(16-13-29)26-28-10-17-51(18-11-28)33-6-4-30(5-7-33)34-8-9-38(53)48-40(34)54/h1-7,14,23-25,28-29,34H,8-13,15-22,26-27H2,(H,45,46,47)(H,48,53,54)/t34-/m1/s1. The smallest absolute Gasteiger partial charge is 0.256 e. The largest absolute Gasteiger partial charge is 0.372 e. The normalized spacial score (nSPS) is 20.6. The van der Waals surface area contributed by atoms with Gasteiger partial charge in [-0.05, 0) is 105 Å². The van der Waals surface area contributed by atoms with Crippen molar-refractivity contribution in [2.75, 3.05) is 69.1 Å². The van der Waals surface area contributed by atoms with Crippen LogP contribution in [0.1, 0.15) is 77.5 Å². The molecule has 4 fully saturated rings. The second-order valence-electron chi connectivity index (χ2n) is 15.5. The van der Waals surface area contributed by atoms with E-state index >= 15 is 0 Å². The number of piperazine rings is 1. The minimum Gasteiger partial charge on any atom is -0.372 e. The van der Waals surface area contributed by atoms with E-state index in [4.69, 9.17) is 16.6 Å². The number of carbonyl (C=O) groups is 3. The van der Waals surface area contributed by atoms with Gasteiger partial charge in [0.25, 0.3) is 5.91 Å². The van der Waals surface area contributed by atoms with Crippen LogP contribution in [0.15, 0.2) is 66.2 Å². The first-order valence-corrected chi connectivity index (χ1v) is 21.1. The SMILES string of the molecule is O=C1CC[C@H](c2ccc(N3CCC(CN4CCC(c5cc(CN6CCN(C(=O)c7cccc(Cl)c7F)CC6)nc(Nc6nccs6)c5)CC4)CC3)cc2)C(=O)N1. The zero-order valence-corrected chi connectivity index (χ0v) is 33.0. The molecule has 0 radical (unpaired) electrons. The van der Waals surface area contributed by atoms with Gasteiger partial charge in [-0.1, -0.05) is 29.8 Å². The third kappa shape index (κ3) is 9.07. The molecule has 0 aliphatic carbocycles. The van der Waals surface area contributed by atoms with Crippen molar-refractivity contribution in [3.8, 4) is 0 Å². The van der Waals surface area contributed by atoms with Crippen LogP contribution >= 0.6 is 22.9 Å². The molecule has 0 bridgehead atoms. The summed E-state index contributed by atoms with van der Waals surface area (Å²) in [6.45, 7) is 8.34. The molecule has 6 heterocycles. The lowest BCUT2D eigenvalue weighted by Crippen LogP contribution is -2.48. The molecule has 4 saturated heterocycles. The Balaban J connectivity index is 0.834. The van der Waals surface area contributed by atoms with Gasteiger partial charge < -0.3 is 20.0 Å². The first-order valence-electron chi connectivity index (χ1n) is 19.8. The Labute approximate surface area is 336 Å². The number of thiazole rings is 1. The number of pyridine rings is 1. The maximum Gasteiger partial charge on any atom is 0.256 e. The fraction of sp³-hybridized carbons (Fsp3) is 0.452. The maximum absolute atomic E-state index is 14.6. The number of carbonyl (C=O) groups excluding carboxylic acids is 3. The summed E-state index contributed by atoms with van der Waals surface area (Å²) >= 11 is 7.49. The molecule has 294 valence electrons. The van der Waals surface area contributed by atoms with E-state index in [0.717, 1.165) is 80.6 Å². The van der Waals surface area contributed by atoms with Gasteiger partial charge in [0.15, 0.2) is 10.9 Å². The van der Waals surface area contributed by atoms with Crippen molar-refractivity contribution in [1.29, 1.82) is 0 Å². The number of hydrogen-bond acceptors (Lipinski definition) is 10. The van der Waals surface area contributed by atoms with Crippen LogP contribution in [0.25, 0.3) is 0 Å². The first-order chi connectivity index (χ1) is 27.3. The van der Waals surface area contributed by atoms with Gasteiger partial charge in [0.05, 0.1) is 22.2 Å². The highest BCUT2D eigenvalue weighted by molar-refractivity contribution is 7.13. The van der Waals surface area contributed by atoms with Crippen LogP contribution < -0.4 is 15.5 Å². The van der Waals surface area contributed by atoms with E-state index in [1.807, 2.05) is 17.5 Å². The van der Waals surface area contributed by atoms with E-state index in [9.17, 15) is 18.8 Å². The second-order valence-corrected chi connectivity index (χ2v) is 16.8. The van der Waals surface area contributed by atoms with Crippen LogP contribution in [0, 0.1) is 11.7 Å². The van der Waals surface area contributed by atoms with Crippen LogP contribution in [-0.2, 0) is 16.1 Å². The molecule has 4 aliphatic rings. The highest BCUT2D eigenvalue weighted by Crippen LogP contribution is 2.33. The molecule has 0 unspecified atom stereocenters. The lowest BCUT2D eigenvalue weighted by atomic mass is 9.88. The Morgan fingerprint density at radius 3 is 2.38 bits per heavy atom. The average Bonchev–Trinajstić information content (AvgIpc) is 3.73. The van der Waals surface area contributed by atoms with E-state index in [-0.39, 0.29) is 34.2 Å². The van der Waals surface area contributed by atoms with Crippen LogP contribution in [-0.4, -0.2) is 101 Å². The molecule has 2 aromatic carbocycles. The minimum atomic E-state index is -0.663. The quantitative estimate of drug-likeness (QED) is 0.170. The summed E-state index contributed by atoms with van der Waals surface area (Å²) in [7, 11) is 0. The number of anilines is 3. The fourth-order valence-corrected chi connectivity index (χ4v) is 9.39. The minimum absolute atomic E-state index is 0.0161. The molecule has 8 rings (SSSR count). The fourth-order valence-electron chi connectivity index (χ4n) is 8.68. The lowest BCUT2D eigenvalue weighted by Gasteiger charge is -2.38. The monoisotopic (exact) mass is 798 g/mol. The summed E-state index contributed by atoms with van der Waals surface area (Å²) < 4.78 is 14.6. The van der Waals surface area contributed by atoms with Gasteiger partial charge in [0, 0.05) is 76.0 Å². The van der Waals surface area contributed by atoms with Crippen molar-refractivity contribution < 1.29 is 18.8 Å². The third-order valence-electron chi connectivity index (χ3n) is 11.9. The van der Waals surface area contributed by atoms with Crippen molar-refractivity contribution in [2.45, 2.75) is 56.9 Å². The molecule has 3 amide bonds. The summed E-state index contributed by atoms with van der Waals surface area (Å²) in [5.41, 5.74) is 4.48.